The highest BCUT2D eigenvalue weighted by molar-refractivity contribution is 4.44. The van der Waals surface area contributed by atoms with Crippen LogP contribution in [0.1, 0.15) is 26.2 Å². The molecule has 1 saturated heterocycles. The van der Waals surface area contributed by atoms with Crippen LogP contribution in [0.3, 0.4) is 0 Å². The molecule has 0 radical (unpaired) electrons. The molecule has 0 aromatic heterocycles. The fourth-order valence-corrected chi connectivity index (χ4v) is 1.41. The van der Waals surface area contributed by atoms with Crippen LogP contribution < -0.4 is 4.90 Å². The molecule has 0 aromatic carbocycles. The van der Waals surface area contributed by atoms with Crippen molar-refractivity contribution in [3.8, 4) is 0 Å². The van der Waals surface area contributed by atoms with Crippen molar-refractivity contribution in [2.45, 2.75) is 26.2 Å². The van der Waals surface area contributed by atoms with Gasteiger partial charge in [-0.1, -0.05) is 0 Å². The molecule has 1 N–H and O–H groups in total. The van der Waals surface area contributed by atoms with E-state index in [1.54, 1.807) is 4.90 Å². The number of hydrogen-bond donors (Lipinski definition) is 1. The smallest absolute Gasteiger partial charge is 0.0770 e. The molecule has 0 amide bonds. The first-order valence-corrected chi connectivity index (χ1v) is 3.77. The van der Waals surface area contributed by atoms with Gasteiger partial charge < -0.3 is 4.90 Å². The summed E-state index contributed by atoms with van der Waals surface area (Å²) in [6.45, 7) is 6.47. The standard InChI is InChI=1S/C7H15N/c1-2-8-6-4-3-5-7-8/h2-7H2,1H3/p+1. The first kappa shape index (κ1) is 6.09. The maximum atomic E-state index is 2.28. The van der Waals surface area contributed by atoms with Crippen LogP contribution in [0, 0.1) is 0 Å². The normalized spacial score (nSPS) is 23.6. The van der Waals surface area contributed by atoms with Crippen molar-refractivity contribution in [2.24, 2.45) is 0 Å². The lowest BCUT2D eigenvalue weighted by molar-refractivity contribution is -0.903. The van der Waals surface area contributed by atoms with E-state index < -0.39 is 0 Å². The van der Waals surface area contributed by atoms with Gasteiger partial charge in [0.2, 0.25) is 0 Å². The third kappa shape index (κ3) is 1.48. The van der Waals surface area contributed by atoms with Crippen molar-refractivity contribution in [3.05, 3.63) is 0 Å². The summed E-state index contributed by atoms with van der Waals surface area (Å²) in [5, 5.41) is 0. The van der Waals surface area contributed by atoms with Crippen molar-refractivity contribution in [2.75, 3.05) is 19.6 Å². The van der Waals surface area contributed by atoms with E-state index in [4.69, 9.17) is 0 Å². The van der Waals surface area contributed by atoms with Gasteiger partial charge in [0.05, 0.1) is 19.6 Å². The van der Waals surface area contributed by atoms with Gasteiger partial charge in [-0.05, 0) is 26.2 Å². The molecule has 1 nitrogen and oxygen atoms in total. The summed E-state index contributed by atoms with van der Waals surface area (Å²) < 4.78 is 0. The van der Waals surface area contributed by atoms with Gasteiger partial charge in [0.25, 0.3) is 0 Å². The van der Waals surface area contributed by atoms with Crippen LogP contribution >= 0.6 is 0 Å². The molecule has 1 rings (SSSR count). The summed E-state index contributed by atoms with van der Waals surface area (Å²) in [5.41, 5.74) is 0. The van der Waals surface area contributed by atoms with Gasteiger partial charge in [-0.15, -0.1) is 0 Å². The van der Waals surface area contributed by atoms with E-state index in [0.29, 0.717) is 0 Å². The molecule has 0 saturated carbocycles. The average Bonchev–Trinajstić information content (AvgIpc) is 1.90. The van der Waals surface area contributed by atoms with Gasteiger partial charge >= 0.3 is 0 Å². The molecule has 0 bridgehead atoms. The summed E-state index contributed by atoms with van der Waals surface area (Å²) in [5.74, 6) is 0. The molecular formula is C7H16N+. The first-order valence-electron chi connectivity index (χ1n) is 3.77. The molecule has 0 unspecified atom stereocenters. The molecule has 8 heavy (non-hydrogen) atoms. The lowest BCUT2D eigenvalue weighted by atomic mass is 10.1. The number of likely N-dealkylation sites (tertiary alicyclic amines) is 1. The third-order valence-corrected chi connectivity index (χ3v) is 2.06. The highest BCUT2D eigenvalue weighted by Gasteiger charge is 2.09. The molecule has 1 fully saturated rings. The van der Waals surface area contributed by atoms with Gasteiger partial charge in [-0.25, -0.2) is 0 Å². The van der Waals surface area contributed by atoms with E-state index in [0.717, 1.165) is 0 Å². The van der Waals surface area contributed by atoms with Crippen molar-refractivity contribution in [3.63, 3.8) is 0 Å². The fourth-order valence-electron chi connectivity index (χ4n) is 1.41. The molecule has 1 aliphatic rings. The van der Waals surface area contributed by atoms with Crippen LogP contribution in [0.25, 0.3) is 0 Å². The van der Waals surface area contributed by atoms with Gasteiger partial charge in [-0.2, -0.15) is 0 Å². The first-order chi connectivity index (χ1) is 3.93. The van der Waals surface area contributed by atoms with E-state index in [-0.39, 0.29) is 0 Å². The van der Waals surface area contributed by atoms with Crippen molar-refractivity contribution >= 4 is 0 Å². The van der Waals surface area contributed by atoms with Gasteiger partial charge in [0, 0.05) is 0 Å². The van der Waals surface area contributed by atoms with E-state index >= 15 is 0 Å². The zero-order chi connectivity index (χ0) is 5.82. The minimum absolute atomic E-state index is 1.33. The Balaban J connectivity index is 2.13. The summed E-state index contributed by atoms with van der Waals surface area (Å²) in [7, 11) is 0. The molecule has 0 spiro atoms. The van der Waals surface area contributed by atoms with E-state index in [1.807, 2.05) is 0 Å². The van der Waals surface area contributed by atoms with Crippen LogP contribution in [-0.2, 0) is 0 Å². The summed E-state index contributed by atoms with van der Waals surface area (Å²) in [6, 6.07) is 0. The fraction of sp³-hybridized carbons (Fsp3) is 1.00. The zero-order valence-corrected chi connectivity index (χ0v) is 5.74. The highest BCUT2D eigenvalue weighted by Crippen LogP contribution is 1.93. The minimum Gasteiger partial charge on any atom is -0.335 e. The Labute approximate surface area is 51.7 Å². The van der Waals surface area contributed by atoms with Crippen LogP contribution in [0.2, 0.25) is 0 Å². The van der Waals surface area contributed by atoms with Crippen molar-refractivity contribution in [1.82, 2.24) is 0 Å². The van der Waals surface area contributed by atoms with Crippen molar-refractivity contribution < 1.29 is 4.90 Å². The van der Waals surface area contributed by atoms with Crippen LogP contribution in [0.15, 0.2) is 0 Å². The Morgan fingerprint density at radius 2 is 1.75 bits per heavy atom. The van der Waals surface area contributed by atoms with Crippen LogP contribution in [0.4, 0.5) is 0 Å². The maximum absolute atomic E-state index is 2.28. The van der Waals surface area contributed by atoms with E-state index in [2.05, 4.69) is 6.92 Å². The number of rotatable bonds is 1. The summed E-state index contributed by atoms with van der Waals surface area (Å²) in [6.07, 6.45) is 4.40. The molecule has 1 aliphatic heterocycles. The Hall–Kier alpha value is -0.0400. The lowest BCUT2D eigenvalue weighted by Crippen LogP contribution is -3.12. The van der Waals surface area contributed by atoms with Gasteiger partial charge in [0.15, 0.2) is 0 Å². The van der Waals surface area contributed by atoms with E-state index in [9.17, 15) is 0 Å². The molecular weight excluding hydrogens is 98.1 g/mol. The Kier molecular flexibility index (Phi) is 2.34. The van der Waals surface area contributed by atoms with Gasteiger partial charge in [-0.3, -0.25) is 0 Å². The number of nitrogens with one attached hydrogen (secondary N) is 1. The van der Waals surface area contributed by atoms with Crippen molar-refractivity contribution in [1.29, 1.82) is 0 Å². The molecule has 0 aromatic rings. The monoisotopic (exact) mass is 114 g/mol. The second kappa shape index (κ2) is 3.08. The third-order valence-electron chi connectivity index (χ3n) is 2.06. The Morgan fingerprint density at radius 3 is 2.12 bits per heavy atom. The average molecular weight is 114 g/mol. The number of hydrogen-bond acceptors (Lipinski definition) is 0. The topological polar surface area (TPSA) is 4.44 Å². The van der Waals surface area contributed by atoms with Gasteiger partial charge in [0.1, 0.15) is 0 Å². The Morgan fingerprint density at radius 1 is 1.12 bits per heavy atom. The summed E-state index contributed by atoms with van der Waals surface area (Å²) in [4.78, 5) is 1.80. The zero-order valence-electron chi connectivity index (χ0n) is 5.74. The van der Waals surface area contributed by atoms with E-state index in [1.165, 1.54) is 38.9 Å². The maximum Gasteiger partial charge on any atom is 0.0770 e. The van der Waals surface area contributed by atoms with Crippen LogP contribution in [-0.4, -0.2) is 19.6 Å². The largest absolute Gasteiger partial charge is 0.335 e. The molecule has 0 atom stereocenters. The summed E-state index contributed by atoms with van der Waals surface area (Å²) >= 11 is 0. The quantitative estimate of drug-likeness (QED) is 0.492. The minimum atomic E-state index is 1.33. The molecule has 0 aliphatic carbocycles. The predicted octanol–water partition coefficient (Wildman–Crippen LogP) is 0.0751. The second-order valence-electron chi connectivity index (χ2n) is 2.66. The SMILES string of the molecule is CC[NH+]1CCCCC1. The number of piperidine rings is 1. The molecule has 1 heterocycles. The Bertz CT molecular complexity index is 55.4. The number of quaternary nitrogens is 1. The predicted molar refractivity (Wildman–Crippen MR) is 35.1 cm³/mol. The van der Waals surface area contributed by atoms with Crippen LogP contribution in [0.5, 0.6) is 0 Å². The molecule has 48 valence electrons. The lowest BCUT2D eigenvalue weighted by Gasteiger charge is -2.21. The highest BCUT2D eigenvalue weighted by atomic mass is 15.1. The second-order valence-corrected chi connectivity index (χ2v) is 2.66. The molecule has 1 heteroatoms.